The number of halogens is 1. The summed E-state index contributed by atoms with van der Waals surface area (Å²) in [7, 11) is 3.24. The van der Waals surface area contributed by atoms with Gasteiger partial charge in [0.05, 0.1) is 30.8 Å². The van der Waals surface area contributed by atoms with E-state index >= 15 is 0 Å². The average molecular weight is 510 g/mol. The van der Waals surface area contributed by atoms with Gasteiger partial charge in [-0.15, -0.1) is 0 Å². The minimum absolute atomic E-state index is 0.124. The average Bonchev–Trinajstić information content (AvgIpc) is 2.78. The van der Waals surface area contributed by atoms with Crippen LogP contribution in [0.5, 0.6) is 11.5 Å². The number of fused-ring (bicyclic) bond motifs is 1. The van der Waals surface area contributed by atoms with E-state index in [0.717, 1.165) is 14.9 Å². The van der Waals surface area contributed by atoms with Gasteiger partial charge in [0.2, 0.25) is 0 Å². The number of benzene rings is 3. The lowest BCUT2D eigenvalue weighted by molar-refractivity contribution is 0.414. The molecule has 0 saturated heterocycles. The molecule has 0 radical (unpaired) electrons. The Morgan fingerprint density at radius 3 is 2.40 bits per heavy atom. The largest absolute Gasteiger partial charge is 0.497 e. The van der Waals surface area contributed by atoms with Gasteiger partial charge < -0.3 is 9.47 Å². The highest BCUT2D eigenvalue weighted by atomic mass is 127. The maximum absolute atomic E-state index is 13.4. The van der Waals surface area contributed by atoms with Crippen molar-refractivity contribution < 1.29 is 9.47 Å². The van der Waals surface area contributed by atoms with Crippen LogP contribution in [0.4, 0.5) is 0 Å². The highest BCUT2D eigenvalue weighted by Gasteiger charge is 2.12. The van der Waals surface area contributed by atoms with Gasteiger partial charge in [0.25, 0.3) is 5.56 Å². The Kier molecular flexibility index (Phi) is 5.85. The van der Waals surface area contributed by atoms with Crippen LogP contribution in [-0.4, -0.2) is 23.8 Å². The van der Waals surface area contributed by atoms with Crippen LogP contribution in [0.1, 0.15) is 11.4 Å². The predicted molar refractivity (Wildman–Crippen MR) is 129 cm³/mol. The van der Waals surface area contributed by atoms with E-state index in [0.29, 0.717) is 28.2 Å². The molecule has 0 fully saturated rings. The number of hydrogen-bond acceptors (Lipinski definition) is 4. The second kappa shape index (κ2) is 8.71. The van der Waals surface area contributed by atoms with Gasteiger partial charge in [-0.25, -0.2) is 4.98 Å². The number of methoxy groups -OCH3 is 2. The lowest BCUT2D eigenvalue weighted by atomic mass is 10.2. The zero-order valence-corrected chi connectivity index (χ0v) is 18.7. The summed E-state index contributed by atoms with van der Waals surface area (Å²) in [6, 6.07) is 20.8. The summed E-state index contributed by atoms with van der Waals surface area (Å²) < 4.78 is 13.2. The van der Waals surface area contributed by atoms with Gasteiger partial charge in [0.1, 0.15) is 17.3 Å². The number of nitrogens with zero attached hydrogens (tertiary/aromatic N) is 2. The Labute approximate surface area is 187 Å². The van der Waals surface area contributed by atoms with E-state index in [1.807, 2.05) is 78.9 Å². The van der Waals surface area contributed by atoms with Crippen molar-refractivity contribution in [3.63, 3.8) is 0 Å². The van der Waals surface area contributed by atoms with Crippen LogP contribution in [0.15, 0.2) is 71.5 Å². The smallest absolute Gasteiger partial charge is 0.266 e. The Bertz CT molecular complexity index is 1290. The normalized spacial score (nSPS) is 11.2. The van der Waals surface area contributed by atoms with Gasteiger partial charge in [-0.3, -0.25) is 9.36 Å². The van der Waals surface area contributed by atoms with Crippen molar-refractivity contribution in [2.75, 3.05) is 14.2 Å². The molecule has 6 heteroatoms. The molecule has 1 aromatic heterocycles. The first-order chi connectivity index (χ1) is 14.6. The van der Waals surface area contributed by atoms with Crippen molar-refractivity contribution in [1.29, 1.82) is 0 Å². The molecule has 5 nitrogen and oxygen atoms in total. The molecule has 3 aromatic carbocycles. The van der Waals surface area contributed by atoms with Gasteiger partial charge in [-0.05, 0) is 76.7 Å². The molecule has 0 N–H and O–H groups in total. The van der Waals surface area contributed by atoms with Crippen LogP contribution in [0.3, 0.4) is 0 Å². The molecule has 0 amide bonds. The van der Waals surface area contributed by atoms with Crippen molar-refractivity contribution in [3.8, 4) is 17.2 Å². The molecule has 0 bridgehead atoms. The fourth-order valence-corrected chi connectivity index (χ4v) is 3.66. The first-order valence-electron chi connectivity index (χ1n) is 9.28. The van der Waals surface area contributed by atoms with E-state index in [4.69, 9.17) is 14.5 Å². The molecule has 0 atom stereocenters. The molecular weight excluding hydrogens is 491 g/mol. The van der Waals surface area contributed by atoms with Crippen molar-refractivity contribution in [1.82, 2.24) is 9.55 Å². The van der Waals surface area contributed by atoms with E-state index in [1.54, 1.807) is 18.8 Å². The highest BCUT2D eigenvalue weighted by molar-refractivity contribution is 14.1. The highest BCUT2D eigenvalue weighted by Crippen LogP contribution is 2.21. The molecule has 150 valence electrons. The Morgan fingerprint density at radius 2 is 1.67 bits per heavy atom. The molecule has 0 aliphatic rings. The SMILES string of the molecule is COc1ccc(C=Cc2nc3ccc(I)cc3c(=O)n2-c2cccc(OC)c2)cc1. The number of ether oxygens (including phenoxy) is 2. The zero-order chi connectivity index (χ0) is 21.1. The molecule has 4 aromatic rings. The minimum Gasteiger partial charge on any atom is -0.497 e. The summed E-state index contributed by atoms with van der Waals surface area (Å²) in [6.45, 7) is 0. The molecule has 0 aliphatic carbocycles. The fraction of sp³-hybridized carbons (Fsp3) is 0.0833. The predicted octanol–water partition coefficient (Wildman–Crippen LogP) is 5.18. The van der Waals surface area contributed by atoms with Crippen molar-refractivity contribution in [2.45, 2.75) is 0 Å². The van der Waals surface area contributed by atoms with Gasteiger partial charge in [-0.1, -0.05) is 24.3 Å². The van der Waals surface area contributed by atoms with Gasteiger partial charge >= 0.3 is 0 Å². The first-order valence-corrected chi connectivity index (χ1v) is 10.4. The molecule has 0 aliphatic heterocycles. The van der Waals surface area contributed by atoms with Crippen LogP contribution >= 0.6 is 22.6 Å². The van der Waals surface area contributed by atoms with Crippen LogP contribution < -0.4 is 15.0 Å². The zero-order valence-electron chi connectivity index (χ0n) is 16.5. The van der Waals surface area contributed by atoms with E-state index in [1.165, 1.54) is 0 Å². The molecule has 0 saturated carbocycles. The van der Waals surface area contributed by atoms with Gasteiger partial charge in [-0.2, -0.15) is 0 Å². The molecule has 0 unspecified atom stereocenters. The van der Waals surface area contributed by atoms with Gasteiger partial charge in [0, 0.05) is 9.64 Å². The maximum Gasteiger partial charge on any atom is 0.266 e. The molecule has 30 heavy (non-hydrogen) atoms. The summed E-state index contributed by atoms with van der Waals surface area (Å²) in [4.78, 5) is 18.2. The third-order valence-corrected chi connectivity index (χ3v) is 5.38. The summed E-state index contributed by atoms with van der Waals surface area (Å²) in [5.41, 5.74) is 2.21. The van der Waals surface area contributed by atoms with Crippen molar-refractivity contribution in [2.24, 2.45) is 0 Å². The second-order valence-corrected chi connectivity index (χ2v) is 7.83. The number of aromatic nitrogens is 2. The lowest BCUT2D eigenvalue weighted by Crippen LogP contribution is -2.22. The van der Waals surface area contributed by atoms with E-state index in [9.17, 15) is 4.79 Å². The van der Waals surface area contributed by atoms with Crippen LogP contribution in [0, 0.1) is 3.57 Å². The summed E-state index contributed by atoms with van der Waals surface area (Å²) in [5.74, 6) is 2.00. The minimum atomic E-state index is -0.124. The summed E-state index contributed by atoms with van der Waals surface area (Å²) >= 11 is 2.20. The van der Waals surface area contributed by atoms with E-state index < -0.39 is 0 Å². The summed E-state index contributed by atoms with van der Waals surface area (Å²) in [5, 5.41) is 0.575. The maximum atomic E-state index is 13.4. The van der Waals surface area contributed by atoms with Crippen molar-refractivity contribution in [3.05, 3.63) is 92.0 Å². The van der Waals surface area contributed by atoms with Crippen LogP contribution in [-0.2, 0) is 0 Å². The quantitative estimate of drug-likeness (QED) is 0.348. The third-order valence-electron chi connectivity index (χ3n) is 4.71. The number of rotatable bonds is 5. The first kappa shape index (κ1) is 20.2. The monoisotopic (exact) mass is 510 g/mol. The summed E-state index contributed by atoms with van der Waals surface area (Å²) in [6.07, 6.45) is 3.77. The molecular formula is C24H19IN2O3. The molecule has 4 rings (SSSR count). The number of hydrogen-bond donors (Lipinski definition) is 0. The molecule has 1 heterocycles. The third kappa shape index (κ3) is 4.09. The Hall–Kier alpha value is -3.13. The lowest BCUT2D eigenvalue weighted by Gasteiger charge is -2.12. The van der Waals surface area contributed by atoms with Gasteiger partial charge in [0.15, 0.2) is 0 Å². The fourth-order valence-electron chi connectivity index (χ4n) is 3.17. The van der Waals surface area contributed by atoms with Crippen LogP contribution in [0.25, 0.3) is 28.7 Å². The van der Waals surface area contributed by atoms with Crippen molar-refractivity contribution >= 4 is 45.6 Å². The Balaban J connectivity index is 1.91. The van der Waals surface area contributed by atoms with E-state index in [2.05, 4.69) is 22.6 Å². The van der Waals surface area contributed by atoms with E-state index in [-0.39, 0.29) is 5.56 Å². The molecule has 0 spiro atoms. The standard InChI is InChI=1S/C24H19IN2O3/c1-29-19-10-6-16(7-11-19)8-13-23-26-22-12-9-17(25)14-21(22)24(28)27(23)18-4-3-5-20(15-18)30-2/h3-15H,1-2H3. The Morgan fingerprint density at radius 1 is 0.900 bits per heavy atom. The topological polar surface area (TPSA) is 53.3 Å². The second-order valence-electron chi connectivity index (χ2n) is 6.58. The van der Waals surface area contributed by atoms with Crippen LogP contribution in [0.2, 0.25) is 0 Å².